The van der Waals surface area contributed by atoms with Crippen molar-refractivity contribution in [2.45, 2.75) is 238 Å². The van der Waals surface area contributed by atoms with Gasteiger partial charge in [0.1, 0.15) is 0 Å². The second-order valence-electron chi connectivity index (χ2n) is 14.9. The van der Waals surface area contributed by atoms with Gasteiger partial charge in [-0.1, -0.05) is 206 Å². The Hall–Kier alpha value is -0.500. The topological polar surface area (TPSA) is 131 Å². The zero-order chi connectivity index (χ0) is 36.8. The van der Waals surface area contributed by atoms with E-state index in [-0.39, 0.29) is 25.7 Å². The van der Waals surface area contributed by atoms with E-state index in [0.717, 1.165) is 38.5 Å². The van der Waals surface area contributed by atoms with Crippen LogP contribution in [0, 0.1) is 0 Å². The Balaban J connectivity index is 4.12. The molecule has 0 bridgehead atoms. The molecule has 0 saturated carbocycles. The summed E-state index contributed by atoms with van der Waals surface area (Å²) in [4.78, 5) is 22.7. The number of aliphatic hydroxyl groups is 1. The Bertz CT molecular complexity index is 759. The highest BCUT2D eigenvalue weighted by molar-refractivity contribution is 7.47. The van der Waals surface area contributed by atoms with E-state index in [1.54, 1.807) is 0 Å². The van der Waals surface area contributed by atoms with E-state index in [2.05, 4.69) is 19.2 Å². The third kappa shape index (κ3) is 35.9. The zero-order valence-electron chi connectivity index (χ0n) is 33.2. The molecule has 9 heteroatoms. The molecule has 3 unspecified atom stereocenters. The Morgan fingerprint density at radius 3 is 1.28 bits per heavy atom. The van der Waals surface area contributed by atoms with Crippen LogP contribution in [0.2, 0.25) is 0 Å². The Labute approximate surface area is 310 Å². The molecule has 0 saturated heterocycles. The monoisotopic (exact) mass is 733 g/mol. The van der Waals surface area contributed by atoms with Crippen LogP contribution in [0.15, 0.2) is 0 Å². The summed E-state index contributed by atoms with van der Waals surface area (Å²) in [7, 11) is -4.31. The maximum Gasteiger partial charge on any atom is 0.472 e. The maximum absolute atomic E-state index is 12.7. The standard InChI is InChI=1S/C41H85N2O6P/c1-3-5-7-9-11-13-15-17-18-19-20-21-23-24-26-28-30-32-34-40(44)39(38-49-50(46,47)48-37-36-42)43-41(45)35-33-31-29-27-25-22-16-14-12-10-8-6-4-2/h39-40,44H,3-38,42H2,1-2H3,(H,43,45)(H,46,47). The molecule has 8 nitrogen and oxygen atoms in total. The summed E-state index contributed by atoms with van der Waals surface area (Å²) in [6.07, 6.45) is 39.6. The fourth-order valence-corrected chi connectivity index (χ4v) is 7.43. The fourth-order valence-electron chi connectivity index (χ4n) is 6.67. The lowest BCUT2D eigenvalue weighted by molar-refractivity contribution is -0.123. The molecule has 0 radical (unpaired) electrons. The molecule has 0 heterocycles. The first kappa shape index (κ1) is 49.5. The number of nitrogens with two attached hydrogens (primary N) is 1. The summed E-state index contributed by atoms with van der Waals surface area (Å²) in [6, 6.07) is -0.766. The second-order valence-corrected chi connectivity index (χ2v) is 16.4. The predicted molar refractivity (Wildman–Crippen MR) is 212 cm³/mol. The van der Waals surface area contributed by atoms with Gasteiger partial charge in [0.25, 0.3) is 0 Å². The molecule has 1 amide bonds. The van der Waals surface area contributed by atoms with Crippen LogP contribution in [0.3, 0.4) is 0 Å². The number of nitrogens with one attached hydrogen (secondary N) is 1. The van der Waals surface area contributed by atoms with Crippen molar-refractivity contribution in [2.24, 2.45) is 5.73 Å². The van der Waals surface area contributed by atoms with Gasteiger partial charge in [-0.15, -0.1) is 0 Å². The molecule has 0 fully saturated rings. The molecule has 3 atom stereocenters. The van der Waals surface area contributed by atoms with Gasteiger partial charge >= 0.3 is 7.82 Å². The van der Waals surface area contributed by atoms with Gasteiger partial charge in [0, 0.05) is 13.0 Å². The number of carbonyl (C=O) groups is 1. The first-order chi connectivity index (χ1) is 24.4. The van der Waals surface area contributed by atoms with Crippen molar-refractivity contribution in [1.29, 1.82) is 0 Å². The highest BCUT2D eigenvalue weighted by Gasteiger charge is 2.27. The van der Waals surface area contributed by atoms with Crippen molar-refractivity contribution in [3.05, 3.63) is 0 Å². The second kappa shape index (κ2) is 38.2. The molecule has 0 rings (SSSR count). The quantitative estimate of drug-likeness (QED) is 0.0363. The number of phosphoric acid groups is 1. The van der Waals surface area contributed by atoms with E-state index in [0.29, 0.717) is 12.8 Å². The number of hydrogen-bond acceptors (Lipinski definition) is 6. The number of carbonyl (C=O) groups excluding carboxylic acids is 1. The van der Waals surface area contributed by atoms with Crippen molar-refractivity contribution in [3.63, 3.8) is 0 Å². The number of amides is 1. The smallest absolute Gasteiger partial charge is 0.391 e. The number of hydrogen-bond donors (Lipinski definition) is 4. The lowest BCUT2D eigenvalue weighted by atomic mass is 10.0. The Morgan fingerprint density at radius 1 is 0.580 bits per heavy atom. The van der Waals surface area contributed by atoms with Crippen LogP contribution in [-0.4, -0.2) is 47.8 Å². The summed E-state index contributed by atoms with van der Waals surface area (Å²) in [5.74, 6) is -0.158. The summed E-state index contributed by atoms with van der Waals surface area (Å²) in [6.45, 7) is 4.23. The number of rotatable bonds is 41. The van der Waals surface area contributed by atoms with Gasteiger partial charge in [0.05, 0.1) is 25.4 Å². The first-order valence-electron chi connectivity index (χ1n) is 21.7. The molecule has 5 N–H and O–H groups in total. The van der Waals surface area contributed by atoms with E-state index in [1.807, 2.05) is 0 Å². The molecular weight excluding hydrogens is 647 g/mol. The molecule has 50 heavy (non-hydrogen) atoms. The van der Waals surface area contributed by atoms with Gasteiger partial charge < -0.3 is 21.1 Å². The fraction of sp³-hybridized carbons (Fsp3) is 0.976. The van der Waals surface area contributed by atoms with Crippen molar-refractivity contribution in [3.8, 4) is 0 Å². The average molecular weight is 733 g/mol. The van der Waals surface area contributed by atoms with Crippen LogP contribution in [-0.2, 0) is 18.4 Å². The Kier molecular flexibility index (Phi) is 37.8. The highest BCUT2D eigenvalue weighted by atomic mass is 31.2. The van der Waals surface area contributed by atoms with Crippen LogP contribution in [0.4, 0.5) is 0 Å². The normalized spacial score (nSPS) is 14.1. The van der Waals surface area contributed by atoms with Gasteiger partial charge in [-0.2, -0.15) is 0 Å². The van der Waals surface area contributed by atoms with Crippen LogP contribution in [0.1, 0.15) is 226 Å². The minimum Gasteiger partial charge on any atom is -0.391 e. The lowest BCUT2D eigenvalue weighted by Crippen LogP contribution is -2.46. The van der Waals surface area contributed by atoms with E-state index in [9.17, 15) is 19.4 Å². The van der Waals surface area contributed by atoms with E-state index in [1.165, 1.54) is 161 Å². The Morgan fingerprint density at radius 2 is 0.920 bits per heavy atom. The van der Waals surface area contributed by atoms with Crippen molar-refractivity contribution in [1.82, 2.24) is 5.32 Å². The molecule has 0 aromatic rings. The summed E-state index contributed by atoms with van der Waals surface area (Å²) >= 11 is 0. The van der Waals surface area contributed by atoms with Crippen LogP contribution < -0.4 is 11.1 Å². The van der Waals surface area contributed by atoms with Crippen molar-refractivity contribution < 1.29 is 28.4 Å². The van der Waals surface area contributed by atoms with E-state index < -0.39 is 20.0 Å². The summed E-state index contributed by atoms with van der Waals surface area (Å²) < 4.78 is 22.2. The lowest BCUT2D eigenvalue weighted by Gasteiger charge is -2.25. The molecule has 0 aliphatic rings. The van der Waals surface area contributed by atoms with Crippen molar-refractivity contribution in [2.75, 3.05) is 19.8 Å². The largest absolute Gasteiger partial charge is 0.472 e. The number of unbranched alkanes of at least 4 members (excludes halogenated alkanes) is 29. The molecule has 300 valence electrons. The zero-order valence-corrected chi connectivity index (χ0v) is 34.1. The average Bonchev–Trinajstić information content (AvgIpc) is 3.10. The number of aliphatic hydroxyl groups excluding tert-OH is 1. The molecule has 0 aliphatic heterocycles. The minimum absolute atomic E-state index is 0.0924. The van der Waals surface area contributed by atoms with Gasteiger partial charge in [-0.3, -0.25) is 13.8 Å². The summed E-state index contributed by atoms with van der Waals surface area (Å²) in [5.41, 5.74) is 5.38. The molecule has 0 aromatic heterocycles. The molecule has 0 spiro atoms. The number of phosphoric ester groups is 1. The predicted octanol–water partition coefficient (Wildman–Crippen LogP) is 11.8. The SMILES string of the molecule is CCCCCCCCCCCCCCCCCCCCC(O)C(COP(=O)(O)OCCN)NC(=O)CCCCCCCCCCCCCCC. The van der Waals surface area contributed by atoms with Crippen LogP contribution in [0.25, 0.3) is 0 Å². The van der Waals surface area contributed by atoms with Crippen LogP contribution in [0.5, 0.6) is 0 Å². The molecular formula is C41H85N2O6P. The van der Waals surface area contributed by atoms with Gasteiger partial charge in [-0.05, 0) is 12.8 Å². The third-order valence-electron chi connectivity index (χ3n) is 9.96. The summed E-state index contributed by atoms with van der Waals surface area (Å²) in [5, 5.41) is 13.8. The third-order valence-corrected chi connectivity index (χ3v) is 10.9. The van der Waals surface area contributed by atoms with E-state index >= 15 is 0 Å². The van der Waals surface area contributed by atoms with Crippen molar-refractivity contribution >= 4 is 13.7 Å². The van der Waals surface area contributed by atoms with E-state index in [4.69, 9.17) is 14.8 Å². The van der Waals surface area contributed by atoms with Crippen LogP contribution >= 0.6 is 7.82 Å². The van der Waals surface area contributed by atoms with Gasteiger partial charge in [0.15, 0.2) is 0 Å². The van der Waals surface area contributed by atoms with Gasteiger partial charge in [0.2, 0.25) is 5.91 Å². The minimum atomic E-state index is -4.31. The molecule has 0 aliphatic carbocycles. The first-order valence-corrected chi connectivity index (χ1v) is 23.1. The highest BCUT2D eigenvalue weighted by Crippen LogP contribution is 2.43. The molecule has 0 aromatic carbocycles. The van der Waals surface area contributed by atoms with Gasteiger partial charge in [-0.25, -0.2) is 4.57 Å². The maximum atomic E-state index is 12.7.